The molecule has 3 amide bonds. The van der Waals surface area contributed by atoms with Crippen LogP contribution in [0.1, 0.15) is 41.4 Å². The lowest BCUT2D eigenvalue weighted by Gasteiger charge is -2.14. The van der Waals surface area contributed by atoms with E-state index in [9.17, 15) is 32.7 Å². The van der Waals surface area contributed by atoms with Gasteiger partial charge >= 0.3 is 0 Å². The fraction of sp³-hybridized carbons (Fsp3) is 0. The molecule has 160 valence electrons. The lowest BCUT2D eigenvalue weighted by Crippen LogP contribution is -2.45. The second-order valence-corrected chi connectivity index (χ2v) is 8.73. The molecular weight excluding hydrogens is 436 g/mol. The highest BCUT2D eigenvalue weighted by atomic mass is 32.2. The second-order valence-electron chi connectivity index (χ2n) is 6.78. The first-order valence-corrected chi connectivity index (χ1v) is 10.6. The Balaban J connectivity index is 1.64. The van der Waals surface area contributed by atoms with E-state index in [2.05, 4.69) is 5.43 Å². The summed E-state index contributed by atoms with van der Waals surface area (Å²) < 4.78 is 25.8. The van der Waals surface area contributed by atoms with E-state index >= 15 is 0 Å². The van der Waals surface area contributed by atoms with Crippen LogP contribution >= 0.6 is 0 Å². The highest BCUT2D eigenvalue weighted by Crippen LogP contribution is 2.28. The van der Waals surface area contributed by atoms with Gasteiger partial charge < -0.3 is 9.90 Å². The van der Waals surface area contributed by atoms with Crippen LogP contribution in [0.15, 0.2) is 82.6 Å². The zero-order chi connectivity index (χ0) is 23.0. The molecule has 0 fully saturated rings. The molecule has 1 aliphatic heterocycles. The van der Waals surface area contributed by atoms with Crippen molar-refractivity contribution in [3.05, 3.63) is 95.1 Å². The number of nitrogens with zero attached hydrogens (tertiary/aromatic N) is 1. The molecule has 0 bridgehead atoms. The highest BCUT2D eigenvalue weighted by molar-refractivity contribution is 7.91. The van der Waals surface area contributed by atoms with Gasteiger partial charge in [0.15, 0.2) is 0 Å². The maximum Gasteiger partial charge on any atom is 0.280 e. The van der Waals surface area contributed by atoms with Crippen LogP contribution in [-0.4, -0.2) is 37.1 Å². The first-order chi connectivity index (χ1) is 15.2. The van der Waals surface area contributed by atoms with Gasteiger partial charge in [-0.3, -0.25) is 19.8 Å². The smallest absolute Gasteiger partial charge is 0.280 e. The third kappa shape index (κ3) is 3.52. The molecule has 1 heterocycles. The molecule has 0 spiro atoms. The molecular formula is C22H13N2O7S-. The minimum absolute atomic E-state index is 0.0605. The standard InChI is InChI=1S/C22H14N2O7S/c25-19(13-4-2-1-3-5-13)23-24-20(26)17-11-10-16(12-18(17)21(24)27)32(30,31)15-8-6-14(7-9-15)22(28)29/h1-12H,(H,23,25)(H,28,29)/p-1. The number of nitrogens with one attached hydrogen (secondary N) is 1. The number of benzene rings is 3. The van der Waals surface area contributed by atoms with Crippen LogP contribution in [0.25, 0.3) is 0 Å². The Bertz CT molecular complexity index is 1380. The van der Waals surface area contributed by atoms with E-state index in [1.54, 1.807) is 18.2 Å². The molecule has 1 aliphatic rings. The maximum atomic E-state index is 12.9. The summed E-state index contributed by atoms with van der Waals surface area (Å²) in [6, 6.07) is 15.7. The molecule has 0 aliphatic carbocycles. The topological polar surface area (TPSA) is 141 Å². The summed E-state index contributed by atoms with van der Waals surface area (Å²) in [5, 5.41) is 11.4. The van der Waals surface area contributed by atoms with Crippen molar-refractivity contribution in [1.82, 2.24) is 10.4 Å². The second kappa shape index (κ2) is 7.75. The zero-order valence-electron chi connectivity index (χ0n) is 16.1. The van der Waals surface area contributed by atoms with Crippen LogP contribution in [0.4, 0.5) is 0 Å². The van der Waals surface area contributed by atoms with E-state index in [0.29, 0.717) is 5.01 Å². The lowest BCUT2D eigenvalue weighted by molar-refractivity contribution is -0.255. The first-order valence-electron chi connectivity index (χ1n) is 9.15. The van der Waals surface area contributed by atoms with Gasteiger partial charge in [0, 0.05) is 5.56 Å². The SMILES string of the molecule is O=C([O-])c1ccc(S(=O)(=O)c2ccc3c(c2)C(=O)N(NC(=O)c2ccccc2)C3=O)cc1. The van der Waals surface area contributed by atoms with Gasteiger partial charge in [0.05, 0.1) is 26.9 Å². The molecule has 0 radical (unpaired) electrons. The Kier molecular flexibility index (Phi) is 5.07. The van der Waals surface area contributed by atoms with Crippen LogP contribution in [0, 0.1) is 0 Å². The largest absolute Gasteiger partial charge is 0.545 e. The quantitative estimate of drug-likeness (QED) is 0.569. The summed E-state index contributed by atoms with van der Waals surface area (Å²) in [4.78, 5) is 48.0. The van der Waals surface area contributed by atoms with Gasteiger partial charge in [-0.15, -0.1) is 0 Å². The number of carboxylic acid groups (broad SMARTS) is 1. The van der Waals surface area contributed by atoms with Crippen LogP contribution in [0.3, 0.4) is 0 Å². The summed E-state index contributed by atoms with van der Waals surface area (Å²) in [5.41, 5.74) is 2.03. The van der Waals surface area contributed by atoms with Crippen molar-refractivity contribution in [3.8, 4) is 0 Å². The average Bonchev–Trinajstić information content (AvgIpc) is 3.04. The number of imide groups is 1. The number of aromatic carboxylic acids is 1. The number of hydrogen-bond donors (Lipinski definition) is 1. The molecule has 32 heavy (non-hydrogen) atoms. The van der Waals surface area contributed by atoms with Crippen molar-refractivity contribution in [2.24, 2.45) is 0 Å². The average molecular weight is 449 g/mol. The minimum Gasteiger partial charge on any atom is -0.545 e. The van der Waals surface area contributed by atoms with Crippen molar-refractivity contribution in [3.63, 3.8) is 0 Å². The van der Waals surface area contributed by atoms with E-state index in [4.69, 9.17) is 0 Å². The van der Waals surface area contributed by atoms with Crippen molar-refractivity contribution >= 4 is 33.5 Å². The number of carboxylic acids is 1. The third-order valence-corrected chi connectivity index (χ3v) is 6.59. The fourth-order valence-electron chi connectivity index (χ4n) is 3.15. The van der Waals surface area contributed by atoms with E-state index in [1.807, 2.05) is 0 Å². The number of hydrazine groups is 1. The van der Waals surface area contributed by atoms with Gasteiger partial charge in [-0.1, -0.05) is 30.3 Å². The van der Waals surface area contributed by atoms with Crippen LogP contribution in [-0.2, 0) is 9.84 Å². The molecule has 0 saturated carbocycles. The lowest BCUT2D eigenvalue weighted by atomic mass is 10.1. The molecule has 0 atom stereocenters. The van der Waals surface area contributed by atoms with Gasteiger partial charge in [0.25, 0.3) is 17.7 Å². The van der Waals surface area contributed by atoms with Crippen molar-refractivity contribution in [2.75, 3.05) is 0 Å². The molecule has 0 unspecified atom stereocenters. The van der Waals surface area contributed by atoms with Crippen LogP contribution < -0.4 is 10.5 Å². The first kappa shape index (κ1) is 20.9. The van der Waals surface area contributed by atoms with Crippen LogP contribution in [0.5, 0.6) is 0 Å². The molecule has 3 aromatic rings. The predicted octanol–water partition coefficient (Wildman–Crippen LogP) is 0.824. The minimum atomic E-state index is -4.11. The van der Waals surface area contributed by atoms with Gasteiger partial charge in [-0.25, -0.2) is 8.42 Å². The molecule has 1 N–H and O–H groups in total. The van der Waals surface area contributed by atoms with E-state index < -0.39 is 33.5 Å². The van der Waals surface area contributed by atoms with Gasteiger partial charge in [-0.05, 0) is 48.0 Å². The Morgan fingerprint density at radius 1 is 0.750 bits per heavy atom. The maximum absolute atomic E-state index is 12.9. The Hall–Kier alpha value is -4.31. The molecule has 3 aromatic carbocycles. The summed E-state index contributed by atoms with van der Waals surface area (Å²) >= 11 is 0. The number of carbonyl (C=O) groups is 4. The number of sulfone groups is 1. The van der Waals surface area contributed by atoms with Gasteiger partial charge in [0.1, 0.15) is 0 Å². The monoisotopic (exact) mass is 449 g/mol. The summed E-state index contributed by atoms with van der Waals surface area (Å²) in [5.74, 6) is -3.80. The number of rotatable bonds is 5. The molecule has 0 aromatic heterocycles. The summed E-state index contributed by atoms with van der Waals surface area (Å²) in [7, 11) is -4.11. The molecule has 0 saturated heterocycles. The molecule has 9 nitrogen and oxygen atoms in total. The Labute approximate surface area is 181 Å². The van der Waals surface area contributed by atoms with Gasteiger partial charge in [-0.2, -0.15) is 5.01 Å². The Morgan fingerprint density at radius 3 is 1.97 bits per heavy atom. The number of hydrogen-bond acceptors (Lipinski definition) is 7. The van der Waals surface area contributed by atoms with Crippen molar-refractivity contribution in [1.29, 1.82) is 0 Å². The summed E-state index contributed by atoms with van der Waals surface area (Å²) in [6.45, 7) is 0. The fourth-order valence-corrected chi connectivity index (χ4v) is 4.44. The predicted molar refractivity (Wildman–Crippen MR) is 107 cm³/mol. The highest BCUT2D eigenvalue weighted by Gasteiger charge is 2.38. The van der Waals surface area contributed by atoms with Crippen molar-refractivity contribution in [2.45, 2.75) is 9.79 Å². The van der Waals surface area contributed by atoms with Gasteiger partial charge in [0.2, 0.25) is 9.84 Å². The normalized spacial score (nSPS) is 13.1. The van der Waals surface area contributed by atoms with E-state index in [0.717, 1.165) is 36.4 Å². The summed E-state index contributed by atoms with van der Waals surface area (Å²) in [6.07, 6.45) is 0. The Morgan fingerprint density at radius 2 is 1.34 bits per heavy atom. The molecule has 4 rings (SSSR count). The third-order valence-electron chi connectivity index (χ3n) is 4.82. The van der Waals surface area contributed by atoms with Crippen LogP contribution in [0.2, 0.25) is 0 Å². The number of fused-ring (bicyclic) bond motifs is 1. The zero-order valence-corrected chi connectivity index (χ0v) is 17.0. The van der Waals surface area contributed by atoms with E-state index in [-0.39, 0.29) is 32.0 Å². The van der Waals surface area contributed by atoms with Crippen molar-refractivity contribution < 1.29 is 32.7 Å². The molecule has 10 heteroatoms. The number of carbonyl (C=O) groups excluding carboxylic acids is 4. The number of amides is 3. The van der Waals surface area contributed by atoms with E-state index in [1.165, 1.54) is 18.2 Å².